The Morgan fingerprint density at radius 3 is 2.35 bits per heavy atom. The van der Waals surface area contributed by atoms with E-state index in [1.807, 2.05) is 18.2 Å². The van der Waals surface area contributed by atoms with Crippen LogP contribution in [0.5, 0.6) is 0 Å². The smallest absolute Gasteiger partial charge is 0.252 e. The SMILES string of the molecule is O=C(CCCc1ccccc1)N1CCN(S(=O)(=O)c2ccc(Br)s2)CC1. The minimum absolute atomic E-state index is 0.108. The molecule has 0 saturated carbocycles. The van der Waals surface area contributed by atoms with Crippen LogP contribution in [-0.4, -0.2) is 49.7 Å². The Morgan fingerprint density at radius 2 is 1.73 bits per heavy atom. The number of piperazine rings is 1. The molecule has 1 aliphatic heterocycles. The zero-order chi connectivity index (χ0) is 18.6. The molecule has 0 spiro atoms. The van der Waals surface area contributed by atoms with Gasteiger partial charge < -0.3 is 4.90 Å². The molecular weight excluding hydrogens is 436 g/mol. The van der Waals surface area contributed by atoms with Gasteiger partial charge in [-0.1, -0.05) is 30.3 Å². The third kappa shape index (κ3) is 4.73. The molecule has 1 aromatic heterocycles. The first-order valence-corrected chi connectivity index (χ1v) is 11.6. The van der Waals surface area contributed by atoms with Crippen LogP contribution in [0, 0.1) is 0 Å². The lowest BCUT2D eigenvalue weighted by Gasteiger charge is -2.33. The molecule has 0 atom stereocenters. The second kappa shape index (κ2) is 8.65. The van der Waals surface area contributed by atoms with Crippen LogP contribution in [0.25, 0.3) is 0 Å². The zero-order valence-corrected chi connectivity index (χ0v) is 17.5. The molecule has 0 bridgehead atoms. The minimum Gasteiger partial charge on any atom is -0.340 e. The molecular formula is C18H21BrN2O3S2. The van der Waals surface area contributed by atoms with E-state index in [2.05, 4.69) is 28.1 Å². The molecule has 2 heterocycles. The quantitative estimate of drug-likeness (QED) is 0.669. The van der Waals surface area contributed by atoms with Gasteiger partial charge in [-0.15, -0.1) is 11.3 Å². The highest BCUT2D eigenvalue weighted by molar-refractivity contribution is 9.11. The first-order chi connectivity index (χ1) is 12.5. The van der Waals surface area contributed by atoms with E-state index in [4.69, 9.17) is 0 Å². The number of carbonyl (C=O) groups is 1. The number of thiophene rings is 1. The molecule has 2 aromatic rings. The predicted octanol–water partition coefficient (Wildman–Crippen LogP) is 3.37. The maximum atomic E-state index is 12.6. The van der Waals surface area contributed by atoms with Crippen molar-refractivity contribution < 1.29 is 13.2 Å². The molecule has 1 amide bonds. The Morgan fingerprint density at radius 1 is 1.04 bits per heavy atom. The lowest BCUT2D eigenvalue weighted by Crippen LogP contribution is -2.50. The van der Waals surface area contributed by atoms with Crippen LogP contribution in [0.15, 0.2) is 50.5 Å². The van der Waals surface area contributed by atoms with E-state index >= 15 is 0 Å². The van der Waals surface area contributed by atoms with Crippen LogP contribution in [0.2, 0.25) is 0 Å². The van der Waals surface area contributed by atoms with E-state index in [9.17, 15) is 13.2 Å². The van der Waals surface area contributed by atoms with Crippen molar-refractivity contribution in [2.75, 3.05) is 26.2 Å². The van der Waals surface area contributed by atoms with Gasteiger partial charge in [-0.25, -0.2) is 8.42 Å². The summed E-state index contributed by atoms with van der Waals surface area (Å²) in [6, 6.07) is 13.5. The second-order valence-electron chi connectivity index (χ2n) is 6.18. The van der Waals surface area contributed by atoms with Gasteiger partial charge in [0.25, 0.3) is 10.0 Å². The molecule has 8 heteroatoms. The molecule has 1 fully saturated rings. The van der Waals surface area contributed by atoms with Crippen LogP contribution in [0.1, 0.15) is 18.4 Å². The molecule has 1 saturated heterocycles. The fraction of sp³-hybridized carbons (Fsp3) is 0.389. The maximum Gasteiger partial charge on any atom is 0.252 e. The van der Waals surface area contributed by atoms with E-state index in [-0.39, 0.29) is 5.91 Å². The fourth-order valence-corrected chi connectivity index (χ4v) is 6.57. The standard InChI is InChI=1S/C18H21BrN2O3S2/c19-16-9-10-18(25-16)26(23,24)21-13-11-20(12-14-21)17(22)8-4-7-15-5-2-1-3-6-15/h1-3,5-6,9-10H,4,7-8,11-14H2. The van der Waals surface area contributed by atoms with Crippen molar-refractivity contribution >= 4 is 43.2 Å². The third-order valence-electron chi connectivity index (χ3n) is 4.43. The summed E-state index contributed by atoms with van der Waals surface area (Å²) < 4.78 is 27.8. The highest BCUT2D eigenvalue weighted by atomic mass is 79.9. The number of benzene rings is 1. The fourth-order valence-electron chi connectivity index (χ4n) is 2.99. The molecule has 0 unspecified atom stereocenters. The number of hydrogen-bond donors (Lipinski definition) is 0. The van der Waals surface area contributed by atoms with E-state index < -0.39 is 10.0 Å². The van der Waals surface area contributed by atoms with Gasteiger partial charge in [0.1, 0.15) is 4.21 Å². The summed E-state index contributed by atoms with van der Waals surface area (Å²) in [6.07, 6.45) is 2.19. The van der Waals surface area contributed by atoms with Crippen LogP contribution in [0.4, 0.5) is 0 Å². The first kappa shape index (κ1) is 19.5. The number of halogens is 1. The predicted molar refractivity (Wildman–Crippen MR) is 107 cm³/mol. The number of carbonyl (C=O) groups excluding carboxylic acids is 1. The highest BCUT2D eigenvalue weighted by Crippen LogP contribution is 2.29. The van der Waals surface area contributed by atoms with Crippen molar-refractivity contribution in [2.24, 2.45) is 0 Å². The summed E-state index contributed by atoms with van der Waals surface area (Å²) in [4.78, 5) is 14.2. The van der Waals surface area contributed by atoms with Gasteiger partial charge in [0.15, 0.2) is 0 Å². The Labute approximate surface area is 166 Å². The monoisotopic (exact) mass is 456 g/mol. The number of sulfonamides is 1. The van der Waals surface area contributed by atoms with Crippen molar-refractivity contribution in [1.82, 2.24) is 9.21 Å². The summed E-state index contributed by atoms with van der Waals surface area (Å²) in [5.41, 5.74) is 1.23. The molecule has 0 N–H and O–H groups in total. The molecule has 0 radical (unpaired) electrons. The van der Waals surface area contributed by atoms with Crippen molar-refractivity contribution in [3.8, 4) is 0 Å². The van der Waals surface area contributed by atoms with E-state index in [0.717, 1.165) is 16.6 Å². The number of aryl methyl sites for hydroxylation is 1. The number of rotatable bonds is 6. The van der Waals surface area contributed by atoms with Gasteiger partial charge in [-0.2, -0.15) is 4.31 Å². The molecule has 26 heavy (non-hydrogen) atoms. The average Bonchev–Trinajstić information content (AvgIpc) is 3.10. The zero-order valence-electron chi connectivity index (χ0n) is 14.3. The molecule has 3 rings (SSSR count). The normalized spacial score (nSPS) is 16.0. The average molecular weight is 457 g/mol. The number of nitrogens with zero attached hydrogens (tertiary/aromatic N) is 2. The van der Waals surface area contributed by atoms with Crippen molar-refractivity contribution in [3.63, 3.8) is 0 Å². The third-order valence-corrected chi connectivity index (χ3v) is 8.42. The molecule has 1 aromatic carbocycles. The van der Waals surface area contributed by atoms with Gasteiger partial charge in [0.2, 0.25) is 5.91 Å². The van der Waals surface area contributed by atoms with E-state index in [1.165, 1.54) is 21.2 Å². The summed E-state index contributed by atoms with van der Waals surface area (Å²) in [6.45, 7) is 1.61. The van der Waals surface area contributed by atoms with Crippen LogP contribution >= 0.6 is 27.3 Å². The second-order valence-corrected chi connectivity index (χ2v) is 10.8. The van der Waals surface area contributed by atoms with Crippen LogP contribution < -0.4 is 0 Å². The van der Waals surface area contributed by atoms with Crippen molar-refractivity contribution in [2.45, 2.75) is 23.5 Å². The highest BCUT2D eigenvalue weighted by Gasteiger charge is 2.30. The minimum atomic E-state index is -3.46. The Kier molecular flexibility index (Phi) is 6.50. The van der Waals surface area contributed by atoms with Crippen LogP contribution in [0.3, 0.4) is 0 Å². The first-order valence-electron chi connectivity index (χ1n) is 8.54. The maximum absolute atomic E-state index is 12.6. The van der Waals surface area contributed by atoms with Crippen molar-refractivity contribution in [1.29, 1.82) is 0 Å². The Hall–Kier alpha value is -1.22. The van der Waals surface area contributed by atoms with Gasteiger partial charge in [-0.3, -0.25) is 4.79 Å². The molecule has 0 aliphatic carbocycles. The molecule has 5 nitrogen and oxygen atoms in total. The van der Waals surface area contributed by atoms with E-state index in [1.54, 1.807) is 17.0 Å². The van der Waals surface area contributed by atoms with Gasteiger partial charge in [0.05, 0.1) is 3.79 Å². The molecule has 140 valence electrons. The summed E-state index contributed by atoms with van der Waals surface area (Å²) >= 11 is 4.51. The number of hydrogen-bond acceptors (Lipinski definition) is 4. The van der Waals surface area contributed by atoms with E-state index in [0.29, 0.717) is 36.8 Å². The largest absolute Gasteiger partial charge is 0.340 e. The van der Waals surface area contributed by atoms with Gasteiger partial charge >= 0.3 is 0 Å². The lowest BCUT2D eigenvalue weighted by molar-refractivity contribution is -0.132. The van der Waals surface area contributed by atoms with Gasteiger partial charge in [-0.05, 0) is 46.5 Å². The van der Waals surface area contributed by atoms with Crippen molar-refractivity contribution in [3.05, 3.63) is 51.8 Å². The van der Waals surface area contributed by atoms with Crippen LogP contribution in [-0.2, 0) is 21.2 Å². The Bertz CT molecular complexity index is 844. The number of amides is 1. The summed E-state index contributed by atoms with van der Waals surface area (Å²) in [7, 11) is -3.46. The Balaban J connectivity index is 1.48. The van der Waals surface area contributed by atoms with Gasteiger partial charge in [0, 0.05) is 32.6 Å². The summed E-state index contributed by atoms with van der Waals surface area (Å²) in [5.74, 6) is 0.108. The molecule has 1 aliphatic rings. The summed E-state index contributed by atoms with van der Waals surface area (Å²) in [5, 5.41) is 0. The topological polar surface area (TPSA) is 57.7 Å². The lowest BCUT2D eigenvalue weighted by atomic mass is 10.1.